The van der Waals surface area contributed by atoms with Gasteiger partial charge in [-0.3, -0.25) is 14.2 Å². The fourth-order valence-electron chi connectivity index (χ4n) is 2.52. The molecule has 0 unspecified atom stereocenters. The molecule has 0 atom stereocenters. The van der Waals surface area contributed by atoms with Crippen molar-refractivity contribution in [3.05, 3.63) is 51.6 Å². The van der Waals surface area contributed by atoms with Crippen molar-refractivity contribution in [1.29, 1.82) is 0 Å². The van der Waals surface area contributed by atoms with Crippen molar-refractivity contribution in [1.82, 2.24) is 14.9 Å². The predicted molar refractivity (Wildman–Crippen MR) is 109 cm³/mol. The number of nitrogens with one attached hydrogen (secondary N) is 1. The molecule has 1 amide bonds. The van der Waals surface area contributed by atoms with E-state index in [0.717, 1.165) is 11.3 Å². The summed E-state index contributed by atoms with van der Waals surface area (Å²) in [5.41, 5.74) is 1.68. The first-order valence-electron chi connectivity index (χ1n) is 8.43. The van der Waals surface area contributed by atoms with Gasteiger partial charge in [-0.2, -0.15) is 0 Å². The number of rotatable bonds is 6. The van der Waals surface area contributed by atoms with Gasteiger partial charge in [0.05, 0.1) is 16.8 Å². The molecule has 0 saturated heterocycles. The average molecular weight is 388 g/mol. The number of nitrogens with zero attached hydrogens (tertiary/aromatic N) is 2. The molecule has 3 rings (SSSR count). The minimum Gasteiger partial charge on any atom is -0.355 e. The van der Waals surface area contributed by atoms with Crippen LogP contribution in [0.5, 0.6) is 0 Å². The SMILES string of the molecule is Cc1ccccc1-n1c(SCC(=O)NCC(C)C)nc2sccc2c1=O. The molecule has 0 aliphatic carbocycles. The van der Waals surface area contributed by atoms with Crippen LogP contribution in [0.3, 0.4) is 0 Å². The van der Waals surface area contributed by atoms with E-state index in [4.69, 9.17) is 0 Å². The second-order valence-corrected chi connectivity index (χ2v) is 8.28. The number of benzene rings is 1. The van der Waals surface area contributed by atoms with Gasteiger partial charge in [0, 0.05) is 6.54 Å². The van der Waals surface area contributed by atoms with E-state index in [1.807, 2.05) is 36.6 Å². The maximum atomic E-state index is 13.0. The summed E-state index contributed by atoms with van der Waals surface area (Å²) in [5, 5.41) is 5.91. The Labute approximate surface area is 160 Å². The highest BCUT2D eigenvalue weighted by atomic mass is 32.2. The highest BCUT2D eigenvalue weighted by Crippen LogP contribution is 2.24. The Balaban J connectivity index is 1.98. The summed E-state index contributed by atoms with van der Waals surface area (Å²) in [5.74, 6) is 0.567. The van der Waals surface area contributed by atoms with Gasteiger partial charge in [0.15, 0.2) is 5.16 Å². The van der Waals surface area contributed by atoms with Crippen molar-refractivity contribution in [2.45, 2.75) is 25.9 Å². The minimum atomic E-state index is -0.101. The van der Waals surface area contributed by atoms with Crippen LogP contribution >= 0.6 is 23.1 Å². The number of thiophene rings is 1. The number of hydrogen-bond acceptors (Lipinski definition) is 5. The van der Waals surface area contributed by atoms with E-state index in [2.05, 4.69) is 24.1 Å². The lowest BCUT2D eigenvalue weighted by Crippen LogP contribution is -2.29. The molecule has 2 aromatic heterocycles. The first kappa shape index (κ1) is 18.7. The molecular formula is C19H21N3O2S2. The van der Waals surface area contributed by atoms with Crippen molar-refractivity contribution in [3.63, 3.8) is 0 Å². The molecule has 2 heterocycles. The summed E-state index contributed by atoms with van der Waals surface area (Å²) >= 11 is 2.72. The minimum absolute atomic E-state index is 0.0550. The zero-order valence-electron chi connectivity index (χ0n) is 15.0. The van der Waals surface area contributed by atoms with Crippen molar-refractivity contribution in [3.8, 4) is 5.69 Å². The van der Waals surface area contributed by atoms with Crippen LogP contribution in [0.1, 0.15) is 19.4 Å². The number of amides is 1. The molecule has 26 heavy (non-hydrogen) atoms. The number of carbonyl (C=O) groups is 1. The van der Waals surface area contributed by atoms with Crippen molar-refractivity contribution in [2.24, 2.45) is 5.92 Å². The third-order valence-corrected chi connectivity index (χ3v) is 5.61. The molecule has 5 nitrogen and oxygen atoms in total. The Kier molecular flexibility index (Phi) is 5.78. The van der Waals surface area contributed by atoms with E-state index in [1.165, 1.54) is 23.1 Å². The highest BCUT2D eigenvalue weighted by molar-refractivity contribution is 7.99. The van der Waals surface area contributed by atoms with Gasteiger partial charge in [0.1, 0.15) is 4.83 Å². The molecule has 3 aromatic rings. The molecule has 1 aromatic carbocycles. The van der Waals surface area contributed by atoms with E-state index < -0.39 is 0 Å². The normalized spacial score (nSPS) is 11.2. The Morgan fingerprint density at radius 2 is 2.08 bits per heavy atom. The summed E-state index contributed by atoms with van der Waals surface area (Å²) < 4.78 is 1.62. The second kappa shape index (κ2) is 8.05. The van der Waals surface area contributed by atoms with Gasteiger partial charge in [-0.15, -0.1) is 11.3 Å². The Morgan fingerprint density at radius 1 is 1.31 bits per heavy atom. The van der Waals surface area contributed by atoms with Crippen LogP contribution in [0.25, 0.3) is 15.9 Å². The maximum absolute atomic E-state index is 13.0. The van der Waals surface area contributed by atoms with Crippen molar-refractivity contribution >= 4 is 39.2 Å². The lowest BCUT2D eigenvalue weighted by Gasteiger charge is -2.14. The third kappa shape index (κ3) is 3.99. The number of fused-ring (bicyclic) bond motifs is 1. The van der Waals surface area contributed by atoms with Crippen molar-refractivity contribution < 1.29 is 4.79 Å². The van der Waals surface area contributed by atoms with Crippen LogP contribution in [0, 0.1) is 12.8 Å². The Morgan fingerprint density at radius 3 is 2.81 bits per heavy atom. The van der Waals surface area contributed by atoms with E-state index in [0.29, 0.717) is 27.8 Å². The Bertz CT molecular complexity index is 992. The standard InChI is InChI=1S/C19H21N3O2S2/c1-12(2)10-20-16(23)11-26-19-21-17-14(8-9-25-17)18(24)22(19)15-7-5-4-6-13(15)3/h4-9,12H,10-11H2,1-3H3,(H,20,23). The molecule has 136 valence electrons. The van der Waals surface area contributed by atoms with Gasteiger partial charge in [-0.25, -0.2) is 4.98 Å². The first-order chi connectivity index (χ1) is 12.5. The van der Waals surface area contributed by atoms with Gasteiger partial charge >= 0.3 is 0 Å². The molecule has 0 radical (unpaired) electrons. The topological polar surface area (TPSA) is 64.0 Å². The Hall–Kier alpha value is -2.12. The zero-order valence-corrected chi connectivity index (χ0v) is 16.6. The lowest BCUT2D eigenvalue weighted by molar-refractivity contribution is -0.118. The van der Waals surface area contributed by atoms with Gasteiger partial charge in [-0.1, -0.05) is 43.8 Å². The number of aromatic nitrogens is 2. The molecule has 0 aliphatic rings. The van der Waals surface area contributed by atoms with Gasteiger partial charge in [-0.05, 0) is 35.9 Å². The predicted octanol–water partition coefficient (Wildman–Crippen LogP) is 3.62. The summed E-state index contributed by atoms with van der Waals surface area (Å²) in [7, 11) is 0. The summed E-state index contributed by atoms with van der Waals surface area (Å²) in [6.45, 7) is 6.70. The summed E-state index contributed by atoms with van der Waals surface area (Å²) in [6.07, 6.45) is 0. The number of para-hydroxylation sites is 1. The first-order valence-corrected chi connectivity index (χ1v) is 10.3. The zero-order chi connectivity index (χ0) is 18.7. The third-order valence-electron chi connectivity index (χ3n) is 3.86. The van der Waals surface area contributed by atoms with E-state index in [9.17, 15) is 9.59 Å². The monoisotopic (exact) mass is 387 g/mol. The average Bonchev–Trinajstić information content (AvgIpc) is 3.08. The molecule has 0 saturated carbocycles. The highest BCUT2D eigenvalue weighted by Gasteiger charge is 2.16. The molecule has 0 aliphatic heterocycles. The number of hydrogen-bond donors (Lipinski definition) is 1. The number of aryl methyl sites for hydroxylation is 1. The van der Waals surface area contributed by atoms with Crippen molar-refractivity contribution in [2.75, 3.05) is 12.3 Å². The summed E-state index contributed by atoms with van der Waals surface area (Å²) in [4.78, 5) is 30.5. The van der Waals surface area contributed by atoms with Gasteiger partial charge in [0.2, 0.25) is 5.91 Å². The summed E-state index contributed by atoms with van der Waals surface area (Å²) in [6, 6.07) is 9.50. The fourth-order valence-corrected chi connectivity index (χ4v) is 4.16. The molecule has 0 spiro atoms. The van der Waals surface area contributed by atoms with Crippen LogP contribution in [0.2, 0.25) is 0 Å². The quantitative estimate of drug-likeness (QED) is 0.518. The van der Waals surface area contributed by atoms with E-state index >= 15 is 0 Å². The number of carbonyl (C=O) groups excluding carboxylic acids is 1. The van der Waals surface area contributed by atoms with Gasteiger partial charge < -0.3 is 5.32 Å². The molecule has 1 N–H and O–H groups in total. The molecule has 0 fully saturated rings. The second-order valence-electron chi connectivity index (χ2n) is 6.45. The fraction of sp³-hybridized carbons (Fsp3) is 0.316. The van der Waals surface area contributed by atoms with Crippen LogP contribution in [0.15, 0.2) is 45.7 Å². The lowest BCUT2D eigenvalue weighted by atomic mass is 10.2. The van der Waals surface area contributed by atoms with Crippen LogP contribution in [-0.4, -0.2) is 27.8 Å². The maximum Gasteiger partial charge on any atom is 0.267 e. The largest absolute Gasteiger partial charge is 0.355 e. The van der Waals surface area contributed by atoms with Gasteiger partial charge in [0.25, 0.3) is 5.56 Å². The van der Waals surface area contributed by atoms with E-state index in [-0.39, 0.29) is 17.2 Å². The smallest absolute Gasteiger partial charge is 0.267 e. The van der Waals surface area contributed by atoms with Crippen LogP contribution in [0.4, 0.5) is 0 Å². The molecule has 0 bridgehead atoms. The molecular weight excluding hydrogens is 366 g/mol. The number of thioether (sulfide) groups is 1. The van der Waals surface area contributed by atoms with E-state index in [1.54, 1.807) is 10.6 Å². The molecule has 7 heteroatoms. The van der Waals surface area contributed by atoms with Crippen LogP contribution in [-0.2, 0) is 4.79 Å². The van der Waals surface area contributed by atoms with Crippen LogP contribution < -0.4 is 10.9 Å².